The SMILES string of the molecule is CCNC(=O)Cc1ccc(NC(COC)C(C)C)cc1. The number of hydrogen-bond acceptors (Lipinski definition) is 3. The van der Waals surface area contributed by atoms with Gasteiger partial charge in [0.2, 0.25) is 5.91 Å². The van der Waals surface area contributed by atoms with Gasteiger partial charge >= 0.3 is 0 Å². The van der Waals surface area contributed by atoms with Crippen LogP contribution in [0.15, 0.2) is 24.3 Å². The fourth-order valence-corrected chi connectivity index (χ4v) is 1.96. The fraction of sp³-hybridized carbons (Fsp3) is 0.562. The quantitative estimate of drug-likeness (QED) is 0.768. The number of amides is 1. The number of carbonyl (C=O) groups is 1. The molecule has 4 heteroatoms. The molecule has 20 heavy (non-hydrogen) atoms. The van der Waals surface area contributed by atoms with E-state index in [1.54, 1.807) is 7.11 Å². The number of hydrogen-bond donors (Lipinski definition) is 2. The Morgan fingerprint density at radius 3 is 2.40 bits per heavy atom. The van der Waals surface area contributed by atoms with E-state index >= 15 is 0 Å². The first-order valence-electron chi connectivity index (χ1n) is 7.18. The molecule has 1 rings (SSSR count). The van der Waals surface area contributed by atoms with Crippen molar-refractivity contribution in [3.8, 4) is 0 Å². The smallest absolute Gasteiger partial charge is 0.224 e. The van der Waals surface area contributed by atoms with Crippen molar-refractivity contribution >= 4 is 11.6 Å². The van der Waals surface area contributed by atoms with Gasteiger partial charge in [0.15, 0.2) is 0 Å². The van der Waals surface area contributed by atoms with E-state index in [-0.39, 0.29) is 11.9 Å². The van der Waals surface area contributed by atoms with E-state index in [2.05, 4.69) is 24.5 Å². The van der Waals surface area contributed by atoms with Gasteiger partial charge in [-0.15, -0.1) is 0 Å². The Labute approximate surface area is 121 Å². The Hall–Kier alpha value is -1.55. The van der Waals surface area contributed by atoms with Crippen LogP contribution >= 0.6 is 0 Å². The van der Waals surface area contributed by atoms with E-state index in [0.717, 1.165) is 11.3 Å². The van der Waals surface area contributed by atoms with Gasteiger partial charge < -0.3 is 15.4 Å². The molecule has 0 bridgehead atoms. The average Bonchev–Trinajstić information content (AvgIpc) is 2.40. The highest BCUT2D eigenvalue weighted by Crippen LogP contribution is 2.14. The number of carbonyl (C=O) groups excluding carboxylic acids is 1. The number of likely N-dealkylation sites (N-methyl/N-ethyl adjacent to an activating group) is 1. The summed E-state index contributed by atoms with van der Waals surface area (Å²) in [6.07, 6.45) is 0.430. The highest BCUT2D eigenvalue weighted by molar-refractivity contribution is 5.78. The van der Waals surface area contributed by atoms with Crippen LogP contribution in [-0.4, -0.2) is 32.2 Å². The molecule has 0 aliphatic rings. The summed E-state index contributed by atoms with van der Waals surface area (Å²) in [6, 6.07) is 8.29. The highest BCUT2D eigenvalue weighted by atomic mass is 16.5. The summed E-state index contributed by atoms with van der Waals surface area (Å²) in [7, 11) is 1.71. The molecule has 0 aliphatic heterocycles. The molecule has 0 spiro atoms. The second-order valence-electron chi connectivity index (χ2n) is 5.28. The minimum atomic E-state index is 0.0626. The van der Waals surface area contributed by atoms with Crippen LogP contribution in [0.2, 0.25) is 0 Å². The lowest BCUT2D eigenvalue weighted by molar-refractivity contribution is -0.120. The van der Waals surface area contributed by atoms with Gasteiger partial charge in [-0.1, -0.05) is 26.0 Å². The van der Waals surface area contributed by atoms with Crippen LogP contribution in [0.1, 0.15) is 26.3 Å². The number of rotatable bonds is 8. The van der Waals surface area contributed by atoms with Gasteiger partial charge in [-0.25, -0.2) is 0 Å². The minimum absolute atomic E-state index is 0.0626. The van der Waals surface area contributed by atoms with Crippen LogP contribution in [-0.2, 0) is 16.0 Å². The van der Waals surface area contributed by atoms with Gasteiger partial charge in [-0.3, -0.25) is 4.79 Å². The maximum absolute atomic E-state index is 11.5. The molecular weight excluding hydrogens is 252 g/mol. The number of ether oxygens (including phenoxy) is 1. The van der Waals surface area contributed by atoms with Crippen molar-refractivity contribution in [3.63, 3.8) is 0 Å². The first-order chi connectivity index (χ1) is 9.56. The second kappa shape index (κ2) is 8.59. The van der Waals surface area contributed by atoms with Gasteiger partial charge in [-0.2, -0.15) is 0 Å². The molecule has 0 aromatic heterocycles. The van der Waals surface area contributed by atoms with Crippen LogP contribution in [0.5, 0.6) is 0 Å². The molecule has 0 saturated carbocycles. The zero-order valence-electron chi connectivity index (χ0n) is 12.9. The molecule has 1 amide bonds. The standard InChI is InChI=1S/C16H26N2O2/c1-5-17-16(19)10-13-6-8-14(9-7-13)18-15(11-20-4)12(2)3/h6-9,12,15,18H,5,10-11H2,1-4H3,(H,17,19). The van der Waals surface area contributed by atoms with Gasteiger partial charge in [0.05, 0.1) is 19.1 Å². The Balaban J connectivity index is 2.59. The predicted molar refractivity (Wildman–Crippen MR) is 83.0 cm³/mol. The summed E-state index contributed by atoms with van der Waals surface area (Å²) in [4.78, 5) is 11.5. The molecule has 0 saturated heterocycles. The van der Waals surface area contributed by atoms with Crippen molar-refractivity contribution in [1.29, 1.82) is 0 Å². The van der Waals surface area contributed by atoms with Crippen molar-refractivity contribution < 1.29 is 9.53 Å². The van der Waals surface area contributed by atoms with E-state index in [0.29, 0.717) is 25.5 Å². The van der Waals surface area contributed by atoms with E-state index in [4.69, 9.17) is 4.74 Å². The Morgan fingerprint density at radius 1 is 1.25 bits per heavy atom. The molecule has 0 radical (unpaired) electrons. The van der Waals surface area contributed by atoms with Gasteiger partial charge in [-0.05, 0) is 30.5 Å². The summed E-state index contributed by atoms with van der Waals surface area (Å²) in [5.41, 5.74) is 2.08. The topological polar surface area (TPSA) is 50.4 Å². The monoisotopic (exact) mass is 278 g/mol. The molecule has 1 unspecified atom stereocenters. The molecule has 0 fully saturated rings. The molecule has 2 N–H and O–H groups in total. The summed E-state index contributed by atoms with van der Waals surface area (Å²) < 4.78 is 5.23. The van der Waals surface area contributed by atoms with Crippen molar-refractivity contribution in [2.45, 2.75) is 33.2 Å². The van der Waals surface area contributed by atoms with Gasteiger partial charge in [0, 0.05) is 19.3 Å². The molecule has 0 aliphatic carbocycles. The summed E-state index contributed by atoms with van der Waals surface area (Å²) in [6.45, 7) is 7.61. The summed E-state index contributed by atoms with van der Waals surface area (Å²) in [5.74, 6) is 0.553. The maximum atomic E-state index is 11.5. The van der Waals surface area contributed by atoms with E-state index in [1.165, 1.54) is 0 Å². The Bertz CT molecular complexity index is 401. The normalized spacial score (nSPS) is 12.2. The van der Waals surface area contributed by atoms with Crippen molar-refractivity contribution in [1.82, 2.24) is 5.32 Å². The van der Waals surface area contributed by atoms with Gasteiger partial charge in [0.1, 0.15) is 0 Å². The lowest BCUT2D eigenvalue weighted by Gasteiger charge is -2.22. The molecule has 1 aromatic carbocycles. The van der Waals surface area contributed by atoms with Gasteiger partial charge in [0.25, 0.3) is 0 Å². The van der Waals surface area contributed by atoms with Crippen LogP contribution < -0.4 is 10.6 Å². The summed E-state index contributed by atoms with van der Waals surface area (Å²) >= 11 is 0. The minimum Gasteiger partial charge on any atom is -0.383 e. The Kier molecular flexibility index (Phi) is 7.09. The zero-order chi connectivity index (χ0) is 15.0. The fourth-order valence-electron chi connectivity index (χ4n) is 1.96. The van der Waals surface area contributed by atoms with Crippen LogP contribution in [0, 0.1) is 5.92 Å². The molecule has 1 atom stereocenters. The van der Waals surface area contributed by atoms with Crippen LogP contribution in [0.3, 0.4) is 0 Å². The van der Waals surface area contributed by atoms with Crippen molar-refractivity contribution in [2.75, 3.05) is 25.6 Å². The predicted octanol–water partition coefficient (Wildman–Crippen LogP) is 2.45. The number of anilines is 1. The average molecular weight is 278 g/mol. The first-order valence-corrected chi connectivity index (χ1v) is 7.18. The highest BCUT2D eigenvalue weighted by Gasteiger charge is 2.12. The van der Waals surface area contributed by atoms with E-state index < -0.39 is 0 Å². The third kappa shape index (κ3) is 5.61. The zero-order valence-corrected chi connectivity index (χ0v) is 12.9. The van der Waals surface area contributed by atoms with E-state index in [1.807, 2.05) is 31.2 Å². The molecule has 1 aromatic rings. The maximum Gasteiger partial charge on any atom is 0.224 e. The molecule has 0 heterocycles. The van der Waals surface area contributed by atoms with Crippen molar-refractivity contribution in [3.05, 3.63) is 29.8 Å². The van der Waals surface area contributed by atoms with Crippen LogP contribution in [0.4, 0.5) is 5.69 Å². The lowest BCUT2D eigenvalue weighted by Crippen LogP contribution is -2.30. The summed E-state index contributed by atoms with van der Waals surface area (Å²) in [5, 5.41) is 6.26. The third-order valence-corrected chi connectivity index (χ3v) is 3.20. The molecular formula is C16H26N2O2. The van der Waals surface area contributed by atoms with E-state index in [9.17, 15) is 4.79 Å². The lowest BCUT2D eigenvalue weighted by atomic mass is 10.0. The number of benzene rings is 1. The third-order valence-electron chi connectivity index (χ3n) is 3.20. The molecule has 4 nitrogen and oxygen atoms in total. The first kappa shape index (κ1) is 16.5. The number of methoxy groups -OCH3 is 1. The van der Waals surface area contributed by atoms with Crippen LogP contribution in [0.25, 0.3) is 0 Å². The largest absolute Gasteiger partial charge is 0.383 e. The second-order valence-corrected chi connectivity index (χ2v) is 5.28. The number of nitrogens with one attached hydrogen (secondary N) is 2. The Morgan fingerprint density at radius 2 is 1.90 bits per heavy atom. The molecule has 112 valence electrons. The van der Waals surface area contributed by atoms with Crippen molar-refractivity contribution in [2.24, 2.45) is 5.92 Å².